The molecule has 1 aliphatic heterocycles. The molecule has 0 aromatic carbocycles. The summed E-state index contributed by atoms with van der Waals surface area (Å²) >= 11 is 0. The van der Waals surface area contributed by atoms with Gasteiger partial charge in [-0.3, -0.25) is 4.79 Å². The van der Waals surface area contributed by atoms with Gasteiger partial charge in [-0.05, 0) is 6.92 Å². The average molecular weight is 250 g/mol. The monoisotopic (exact) mass is 250 g/mol. The van der Waals surface area contributed by atoms with E-state index < -0.39 is 15.9 Å². The first-order valence-corrected chi connectivity index (χ1v) is 7.17. The molecular weight excluding hydrogens is 232 g/mol. The van der Waals surface area contributed by atoms with E-state index in [-0.39, 0.29) is 23.6 Å². The van der Waals surface area contributed by atoms with Gasteiger partial charge in [-0.1, -0.05) is 0 Å². The Morgan fingerprint density at radius 1 is 1.56 bits per heavy atom. The third kappa shape index (κ3) is 4.07. The van der Waals surface area contributed by atoms with Crippen molar-refractivity contribution in [3.63, 3.8) is 0 Å². The fourth-order valence-corrected chi connectivity index (χ4v) is 2.68. The van der Waals surface area contributed by atoms with Gasteiger partial charge in [0.15, 0.2) is 0 Å². The van der Waals surface area contributed by atoms with Gasteiger partial charge in [-0.25, -0.2) is 8.42 Å². The Balaban J connectivity index is 2.45. The summed E-state index contributed by atoms with van der Waals surface area (Å²) in [7, 11) is -3.08. The number of nitrogens with one attached hydrogen (secondary N) is 1. The predicted molar refractivity (Wildman–Crippen MR) is 59.6 cm³/mol. The van der Waals surface area contributed by atoms with Crippen LogP contribution in [0.1, 0.15) is 6.92 Å². The number of hydrogen-bond donors (Lipinski definition) is 2. The Morgan fingerprint density at radius 3 is 2.62 bits per heavy atom. The van der Waals surface area contributed by atoms with E-state index in [1.807, 2.05) is 0 Å². The number of carbonyl (C=O) groups excluding carboxylic acids is 1. The third-order valence-electron chi connectivity index (χ3n) is 2.40. The Labute approximate surface area is 95.4 Å². The van der Waals surface area contributed by atoms with Crippen molar-refractivity contribution in [2.24, 2.45) is 11.7 Å². The highest BCUT2D eigenvalue weighted by atomic mass is 32.2. The lowest BCUT2D eigenvalue weighted by Crippen LogP contribution is -2.46. The molecule has 0 saturated carbocycles. The molecule has 3 N–H and O–H groups in total. The zero-order valence-electron chi connectivity index (χ0n) is 9.47. The maximum Gasteiger partial charge on any atom is 0.227 e. The molecule has 1 amide bonds. The van der Waals surface area contributed by atoms with Gasteiger partial charge in [0, 0.05) is 18.3 Å². The minimum absolute atomic E-state index is 0.0679. The minimum atomic E-state index is -3.08. The average Bonchev–Trinajstić information content (AvgIpc) is 2.47. The first kappa shape index (κ1) is 13.4. The van der Waals surface area contributed by atoms with Crippen molar-refractivity contribution in [2.45, 2.75) is 19.0 Å². The molecule has 0 aromatic rings. The predicted octanol–water partition coefficient (Wildman–Crippen LogP) is -1.49. The second-order valence-electron chi connectivity index (χ2n) is 4.31. The molecule has 0 bridgehead atoms. The fraction of sp³-hybridized carbons (Fsp3) is 0.889. The largest absolute Gasteiger partial charge is 0.379 e. The molecular formula is C9H18N2O4S. The molecule has 16 heavy (non-hydrogen) atoms. The van der Waals surface area contributed by atoms with E-state index in [2.05, 4.69) is 5.32 Å². The molecule has 1 rings (SSSR count). The Hall–Kier alpha value is -0.660. The summed E-state index contributed by atoms with van der Waals surface area (Å²) in [6, 6.07) is -0.708. The van der Waals surface area contributed by atoms with Crippen molar-refractivity contribution in [2.75, 3.05) is 25.2 Å². The summed E-state index contributed by atoms with van der Waals surface area (Å²) in [6.07, 6.45) is 1.14. The molecule has 1 fully saturated rings. The Morgan fingerprint density at radius 2 is 2.19 bits per heavy atom. The quantitative estimate of drug-likeness (QED) is 0.633. The lowest BCUT2D eigenvalue weighted by atomic mass is 10.0. The third-order valence-corrected chi connectivity index (χ3v) is 3.51. The van der Waals surface area contributed by atoms with Crippen LogP contribution in [0.4, 0.5) is 0 Å². The second kappa shape index (κ2) is 5.11. The molecule has 3 atom stereocenters. The summed E-state index contributed by atoms with van der Waals surface area (Å²) in [5.74, 6) is -0.676. The van der Waals surface area contributed by atoms with Crippen molar-refractivity contribution in [3.05, 3.63) is 0 Å². The van der Waals surface area contributed by atoms with Crippen molar-refractivity contribution < 1.29 is 17.9 Å². The van der Waals surface area contributed by atoms with Crippen LogP contribution in [0.3, 0.4) is 0 Å². The highest BCUT2D eigenvalue weighted by Crippen LogP contribution is 2.11. The number of nitrogens with two attached hydrogens (primary N) is 1. The van der Waals surface area contributed by atoms with E-state index in [0.29, 0.717) is 13.2 Å². The fourth-order valence-electron chi connectivity index (χ4n) is 1.69. The highest BCUT2D eigenvalue weighted by Gasteiger charge is 2.32. The lowest BCUT2D eigenvalue weighted by molar-refractivity contribution is -0.125. The zero-order valence-corrected chi connectivity index (χ0v) is 10.3. The summed E-state index contributed by atoms with van der Waals surface area (Å²) in [5, 5.41) is 2.63. The van der Waals surface area contributed by atoms with E-state index in [1.54, 1.807) is 6.92 Å². The van der Waals surface area contributed by atoms with Crippen LogP contribution >= 0.6 is 0 Å². The molecule has 3 unspecified atom stereocenters. The van der Waals surface area contributed by atoms with Crippen molar-refractivity contribution >= 4 is 15.7 Å². The number of amides is 1. The molecule has 0 radical (unpaired) electrons. The van der Waals surface area contributed by atoms with Gasteiger partial charge in [0.25, 0.3) is 0 Å². The smallest absolute Gasteiger partial charge is 0.227 e. The topological polar surface area (TPSA) is 98.5 Å². The molecule has 0 aliphatic carbocycles. The Kier molecular flexibility index (Phi) is 4.28. The number of ether oxygens (including phenoxy) is 1. The first-order valence-electron chi connectivity index (χ1n) is 5.11. The van der Waals surface area contributed by atoms with Crippen LogP contribution in [-0.2, 0) is 19.4 Å². The van der Waals surface area contributed by atoms with E-state index in [9.17, 15) is 13.2 Å². The van der Waals surface area contributed by atoms with Gasteiger partial charge in [0.2, 0.25) is 5.91 Å². The minimum Gasteiger partial charge on any atom is -0.379 e. The zero-order chi connectivity index (χ0) is 12.3. The van der Waals surface area contributed by atoms with Gasteiger partial charge in [-0.15, -0.1) is 0 Å². The lowest BCUT2D eigenvalue weighted by Gasteiger charge is -2.17. The van der Waals surface area contributed by atoms with E-state index in [4.69, 9.17) is 10.5 Å². The van der Waals surface area contributed by atoms with Crippen LogP contribution < -0.4 is 11.1 Å². The van der Waals surface area contributed by atoms with Crippen molar-refractivity contribution in [1.29, 1.82) is 0 Å². The van der Waals surface area contributed by atoms with Crippen LogP contribution in [-0.4, -0.2) is 51.6 Å². The summed E-state index contributed by atoms with van der Waals surface area (Å²) in [4.78, 5) is 11.7. The molecule has 94 valence electrons. The van der Waals surface area contributed by atoms with Crippen molar-refractivity contribution in [1.82, 2.24) is 5.32 Å². The first-order chi connectivity index (χ1) is 7.29. The number of sulfone groups is 1. The van der Waals surface area contributed by atoms with Gasteiger partial charge >= 0.3 is 0 Å². The van der Waals surface area contributed by atoms with Crippen LogP contribution in [0.15, 0.2) is 0 Å². The summed E-state index contributed by atoms with van der Waals surface area (Å²) < 4.78 is 27.1. The van der Waals surface area contributed by atoms with Gasteiger partial charge < -0.3 is 15.8 Å². The number of hydrogen-bond acceptors (Lipinski definition) is 5. The number of rotatable bonds is 4. The molecule has 1 saturated heterocycles. The van der Waals surface area contributed by atoms with Gasteiger partial charge in [0.1, 0.15) is 9.84 Å². The maximum absolute atomic E-state index is 11.7. The van der Waals surface area contributed by atoms with Crippen molar-refractivity contribution in [3.8, 4) is 0 Å². The van der Waals surface area contributed by atoms with Crippen LogP contribution in [0.5, 0.6) is 0 Å². The maximum atomic E-state index is 11.7. The summed E-state index contributed by atoms with van der Waals surface area (Å²) in [5.41, 5.74) is 5.68. The standard InChI is InChI=1S/C9H18N2O4S/c1-6(5-16(2,13)14)11-9(12)7-3-15-4-8(7)10/h6-8H,3-5,10H2,1-2H3,(H,11,12). The van der Waals surface area contributed by atoms with E-state index >= 15 is 0 Å². The highest BCUT2D eigenvalue weighted by molar-refractivity contribution is 7.90. The van der Waals surface area contributed by atoms with Gasteiger partial charge in [0.05, 0.1) is 24.9 Å². The summed E-state index contributed by atoms with van der Waals surface area (Å²) in [6.45, 7) is 2.33. The number of carbonyl (C=O) groups is 1. The Bertz CT molecular complexity index is 355. The van der Waals surface area contributed by atoms with Crippen LogP contribution in [0, 0.1) is 5.92 Å². The second-order valence-corrected chi connectivity index (χ2v) is 6.49. The SMILES string of the molecule is CC(CS(C)(=O)=O)NC(=O)C1COCC1N. The molecule has 1 heterocycles. The van der Waals surface area contributed by atoms with Gasteiger partial charge in [-0.2, -0.15) is 0 Å². The molecule has 0 spiro atoms. The normalized spacial score (nSPS) is 27.7. The van der Waals surface area contributed by atoms with E-state index in [1.165, 1.54) is 0 Å². The molecule has 7 heteroatoms. The van der Waals surface area contributed by atoms with Crippen LogP contribution in [0.25, 0.3) is 0 Å². The van der Waals surface area contributed by atoms with Crippen LogP contribution in [0.2, 0.25) is 0 Å². The molecule has 6 nitrogen and oxygen atoms in total. The molecule has 0 aromatic heterocycles. The van der Waals surface area contributed by atoms with E-state index in [0.717, 1.165) is 6.26 Å². The molecule has 1 aliphatic rings.